The van der Waals surface area contributed by atoms with Crippen LogP contribution in [0.4, 0.5) is 0 Å². The van der Waals surface area contributed by atoms with Crippen molar-refractivity contribution >= 4 is 5.97 Å². The van der Waals surface area contributed by atoms with Gasteiger partial charge < -0.3 is 14.6 Å². The number of carbonyl (C=O) groups excluding carboxylic acids is 1. The molecule has 0 bridgehead atoms. The summed E-state index contributed by atoms with van der Waals surface area (Å²) in [7, 11) is 1.54. The van der Waals surface area contributed by atoms with Crippen LogP contribution >= 0.6 is 0 Å². The summed E-state index contributed by atoms with van der Waals surface area (Å²) in [6.07, 6.45) is -0.187. The highest BCUT2D eigenvalue weighted by atomic mass is 16.6. The van der Waals surface area contributed by atoms with Crippen LogP contribution in [0.3, 0.4) is 0 Å². The van der Waals surface area contributed by atoms with Gasteiger partial charge in [-0.1, -0.05) is 0 Å². The van der Waals surface area contributed by atoms with Gasteiger partial charge in [-0.25, -0.2) is 0 Å². The Balaban J connectivity index is 3.40. The highest BCUT2D eigenvalue weighted by molar-refractivity contribution is 5.69. The van der Waals surface area contributed by atoms with Crippen molar-refractivity contribution in [3.8, 4) is 0 Å². The zero-order valence-electron chi connectivity index (χ0n) is 6.87. The fourth-order valence-corrected chi connectivity index (χ4v) is 0.643. The highest BCUT2D eigenvalue weighted by Gasteiger charge is 2.07. The van der Waals surface area contributed by atoms with Crippen LogP contribution < -0.4 is 0 Å². The molecule has 0 aromatic rings. The first-order valence-electron chi connectivity index (χ1n) is 3.50. The molecular weight excluding hydrogens is 148 g/mol. The lowest BCUT2D eigenvalue weighted by Gasteiger charge is -2.10. The van der Waals surface area contributed by atoms with Gasteiger partial charge in [0.1, 0.15) is 6.10 Å². The van der Waals surface area contributed by atoms with Crippen LogP contribution in [-0.2, 0) is 14.3 Å². The van der Waals surface area contributed by atoms with Gasteiger partial charge in [-0.3, -0.25) is 4.79 Å². The molecule has 0 aliphatic carbocycles. The molecule has 0 aliphatic heterocycles. The first kappa shape index (κ1) is 10.4. The lowest BCUT2D eigenvalue weighted by Crippen LogP contribution is -2.19. The molecule has 0 saturated carbocycles. The Morgan fingerprint density at radius 1 is 1.64 bits per heavy atom. The van der Waals surface area contributed by atoms with E-state index in [2.05, 4.69) is 0 Å². The lowest BCUT2D eigenvalue weighted by atomic mass is 10.4. The number of carbonyl (C=O) groups is 1. The van der Waals surface area contributed by atoms with Crippen LogP contribution in [0, 0.1) is 0 Å². The van der Waals surface area contributed by atoms with E-state index in [-0.39, 0.29) is 19.1 Å². The van der Waals surface area contributed by atoms with Crippen LogP contribution in [0.1, 0.15) is 13.3 Å². The molecule has 0 aromatic heterocycles. The molecular formula is C7H14O4. The molecule has 0 amide bonds. The van der Waals surface area contributed by atoms with E-state index in [0.29, 0.717) is 6.61 Å². The quantitative estimate of drug-likeness (QED) is 0.576. The summed E-state index contributed by atoms with van der Waals surface area (Å²) in [5, 5.41) is 8.35. The van der Waals surface area contributed by atoms with Crippen molar-refractivity contribution in [2.24, 2.45) is 0 Å². The molecule has 1 N–H and O–H groups in total. The third-order valence-electron chi connectivity index (χ3n) is 1.05. The molecule has 0 heterocycles. The first-order valence-corrected chi connectivity index (χ1v) is 3.50. The van der Waals surface area contributed by atoms with Gasteiger partial charge in [0.15, 0.2) is 0 Å². The van der Waals surface area contributed by atoms with Crippen molar-refractivity contribution in [2.45, 2.75) is 19.4 Å². The molecule has 0 aliphatic rings. The van der Waals surface area contributed by atoms with E-state index in [4.69, 9.17) is 14.6 Å². The highest BCUT2D eigenvalue weighted by Crippen LogP contribution is 1.94. The Labute approximate surface area is 66.1 Å². The molecule has 4 nitrogen and oxygen atoms in total. The number of rotatable bonds is 5. The van der Waals surface area contributed by atoms with Crippen molar-refractivity contribution in [1.82, 2.24) is 0 Å². The number of hydrogen-bond donors (Lipinski definition) is 1. The second kappa shape index (κ2) is 6.12. The number of aliphatic hydroxyl groups excluding tert-OH is 1. The van der Waals surface area contributed by atoms with Crippen molar-refractivity contribution in [2.75, 3.05) is 20.3 Å². The van der Waals surface area contributed by atoms with E-state index in [0.717, 1.165) is 0 Å². The normalized spacial score (nSPS) is 12.6. The lowest BCUT2D eigenvalue weighted by molar-refractivity contribution is -0.151. The van der Waals surface area contributed by atoms with E-state index >= 15 is 0 Å². The minimum atomic E-state index is -0.392. The second-order valence-corrected chi connectivity index (χ2v) is 2.23. The Morgan fingerprint density at radius 3 is 2.73 bits per heavy atom. The third-order valence-corrected chi connectivity index (χ3v) is 1.05. The molecule has 4 heteroatoms. The molecule has 11 heavy (non-hydrogen) atoms. The maximum Gasteiger partial charge on any atom is 0.308 e. The molecule has 0 spiro atoms. The minimum Gasteiger partial charge on any atom is -0.460 e. The van der Waals surface area contributed by atoms with Crippen LogP contribution in [0.2, 0.25) is 0 Å². The average molecular weight is 162 g/mol. The third kappa shape index (κ3) is 5.82. The van der Waals surface area contributed by atoms with Gasteiger partial charge in [0.2, 0.25) is 0 Å². The van der Waals surface area contributed by atoms with E-state index in [1.54, 1.807) is 6.92 Å². The van der Waals surface area contributed by atoms with Gasteiger partial charge in [0.25, 0.3) is 0 Å². The average Bonchev–Trinajstić information content (AvgIpc) is 1.87. The summed E-state index contributed by atoms with van der Waals surface area (Å²) in [6.45, 7) is 1.95. The molecule has 1 unspecified atom stereocenters. The molecule has 0 saturated heterocycles. The molecule has 0 radical (unpaired) electrons. The standard InChI is InChI=1S/C7H14O4/c1-6(5-10-2)11-7(9)3-4-8/h6,8H,3-5H2,1-2H3. The second-order valence-electron chi connectivity index (χ2n) is 2.23. The number of hydrogen-bond acceptors (Lipinski definition) is 4. The molecule has 1 atom stereocenters. The summed E-state index contributed by atoms with van der Waals surface area (Å²) in [5.74, 6) is -0.392. The smallest absolute Gasteiger partial charge is 0.308 e. The Hall–Kier alpha value is -0.610. The summed E-state index contributed by atoms with van der Waals surface area (Å²) in [5.41, 5.74) is 0. The van der Waals surface area contributed by atoms with Crippen molar-refractivity contribution in [3.05, 3.63) is 0 Å². The Kier molecular flexibility index (Phi) is 5.78. The molecule has 0 rings (SSSR count). The van der Waals surface area contributed by atoms with Gasteiger partial charge in [-0.15, -0.1) is 0 Å². The first-order chi connectivity index (χ1) is 5.20. The van der Waals surface area contributed by atoms with Crippen LogP contribution in [-0.4, -0.2) is 37.5 Å². The maximum atomic E-state index is 10.7. The fourth-order valence-electron chi connectivity index (χ4n) is 0.643. The predicted octanol–water partition coefficient (Wildman–Crippen LogP) is -0.0531. The van der Waals surface area contributed by atoms with Crippen molar-refractivity contribution < 1.29 is 19.4 Å². The zero-order valence-corrected chi connectivity index (χ0v) is 6.87. The number of ether oxygens (including phenoxy) is 2. The maximum absolute atomic E-state index is 10.7. The van der Waals surface area contributed by atoms with Gasteiger partial charge in [-0.2, -0.15) is 0 Å². The summed E-state index contributed by atoms with van der Waals surface area (Å²) < 4.78 is 9.55. The van der Waals surface area contributed by atoms with Gasteiger partial charge in [-0.05, 0) is 6.92 Å². The van der Waals surface area contributed by atoms with E-state index < -0.39 is 5.97 Å². The largest absolute Gasteiger partial charge is 0.460 e. The number of aliphatic hydroxyl groups is 1. The monoisotopic (exact) mass is 162 g/mol. The SMILES string of the molecule is COCC(C)OC(=O)CCO. The summed E-state index contributed by atoms with van der Waals surface area (Å²) in [6, 6.07) is 0. The summed E-state index contributed by atoms with van der Waals surface area (Å²) >= 11 is 0. The minimum absolute atomic E-state index is 0.0497. The summed E-state index contributed by atoms with van der Waals surface area (Å²) in [4.78, 5) is 10.7. The predicted molar refractivity (Wildman–Crippen MR) is 39.1 cm³/mol. The van der Waals surface area contributed by atoms with E-state index in [1.807, 2.05) is 0 Å². The molecule has 0 aromatic carbocycles. The van der Waals surface area contributed by atoms with E-state index in [9.17, 15) is 4.79 Å². The van der Waals surface area contributed by atoms with Gasteiger partial charge in [0.05, 0.1) is 19.6 Å². The number of methoxy groups -OCH3 is 1. The Morgan fingerprint density at radius 2 is 2.27 bits per heavy atom. The van der Waals surface area contributed by atoms with Gasteiger partial charge >= 0.3 is 5.97 Å². The molecule has 0 fully saturated rings. The van der Waals surface area contributed by atoms with Gasteiger partial charge in [0, 0.05) is 7.11 Å². The number of esters is 1. The van der Waals surface area contributed by atoms with E-state index in [1.165, 1.54) is 7.11 Å². The molecule has 66 valence electrons. The topological polar surface area (TPSA) is 55.8 Å². The van der Waals surface area contributed by atoms with Crippen LogP contribution in [0.5, 0.6) is 0 Å². The zero-order chi connectivity index (χ0) is 8.69. The van der Waals surface area contributed by atoms with Crippen molar-refractivity contribution in [3.63, 3.8) is 0 Å². The van der Waals surface area contributed by atoms with Crippen LogP contribution in [0.25, 0.3) is 0 Å². The van der Waals surface area contributed by atoms with Crippen LogP contribution in [0.15, 0.2) is 0 Å². The fraction of sp³-hybridized carbons (Fsp3) is 0.857. The van der Waals surface area contributed by atoms with Crippen molar-refractivity contribution in [1.29, 1.82) is 0 Å². The Bertz CT molecular complexity index is 113.